The van der Waals surface area contributed by atoms with Gasteiger partial charge in [0.15, 0.2) is 0 Å². The fourth-order valence-corrected chi connectivity index (χ4v) is 2.26. The molecule has 1 amide bonds. The van der Waals surface area contributed by atoms with Crippen LogP contribution in [0, 0.1) is 12.7 Å². The van der Waals surface area contributed by atoms with Crippen molar-refractivity contribution in [2.45, 2.75) is 26.8 Å². The molecule has 0 radical (unpaired) electrons. The Bertz CT molecular complexity index is 740. The van der Waals surface area contributed by atoms with E-state index in [1.807, 2.05) is 36.4 Å². The first-order valence-electron chi connectivity index (χ1n) is 7.42. The summed E-state index contributed by atoms with van der Waals surface area (Å²) in [7, 11) is 0. The van der Waals surface area contributed by atoms with Gasteiger partial charge < -0.3 is 0 Å². The highest BCUT2D eigenvalue weighted by Crippen LogP contribution is 2.23. The number of carbonyl (C=O) groups is 1. The van der Waals surface area contributed by atoms with Crippen LogP contribution in [0.1, 0.15) is 25.0 Å². The topological polar surface area (TPSA) is 40.5 Å². The van der Waals surface area contributed by atoms with E-state index in [0.29, 0.717) is 10.6 Å². The molecule has 1 atom stereocenters. The number of nitrogens with zero attached hydrogens (tertiary/aromatic N) is 1. The number of halogens is 1. The first-order chi connectivity index (χ1) is 10.9. The number of rotatable bonds is 4. The fraction of sp³-hybridized carbons (Fsp3) is 0.211. The third-order valence-electron chi connectivity index (χ3n) is 3.65. The molecule has 23 heavy (non-hydrogen) atoms. The predicted molar refractivity (Wildman–Crippen MR) is 89.4 cm³/mol. The Morgan fingerprint density at radius 2 is 1.91 bits per heavy atom. The molecule has 4 heteroatoms. The molecule has 0 aliphatic rings. The molecule has 2 aromatic rings. The lowest BCUT2D eigenvalue weighted by Crippen LogP contribution is -2.32. The molecule has 0 bridgehead atoms. The Kier molecular flexibility index (Phi) is 5.29. The Hall–Kier alpha value is -2.46. The summed E-state index contributed by atoms with van der Waals surface area (Å²) in [5.41, 5.74) is 3.47. The summed E-state index contributed by atoms with van der Waals surface area (Å²) in [5, 5.41) is 10.2. The molecule has 1 N–H and O–H groups in total. The molecule has 0 spiro atoms. The molecule has 2 aromatic carbocycles. The van der Waals surface area contributed by atoms with E-state index < -0.39 is 11.9 Å². The van der Waals surface area contributed by atoms with Crippen LogP contribution in [0.3, 0.4) is 0 Å². The zero-order valence-electron chi connectivity index (χ0n) is 13.5. The third kappa shape index (κ3) is 4.27. The van der Waals surface area contributed by atoms with Crippen molar-refractivity contribution >= 4 is 12.0 Å². The summed E-state index contributed by atoms with van der Waals surface area (Å²) in [6.45, 7) is 4.77. The molecule has 0 heterocycles. The number of aryl methyl sites for hydroxylation is 1. The van der Waals surface area contributed by atoms with E-state index >= 15 is 0 Å². The molecule has 0 aliphatic carbocycles. The lowest BCUT2D eigenvalue weighted by molar-refractivity contribution is -0.167. The van der Waals surface area contributed by atoms with E-state index in [1.54, 1.807) is 26.0 Å². The number of hydroxylamine groups is 2. The van der Waals surface area contributed by atoms with Gasteiger partial charge in [0.1, 0.15) is 5.82 Å². The molecule has 2 rings (SSSR count). The predicted octanol–water partition coefficient (Wildman–Crippen LogP) is 4.44. The lowest BCUT2D eigenvalue weighted by Gasteiger charge is -2.17. The van der Waals surface area contributed by atoms with Crippen molar-refractivity contribution < 1.29 is 14.4 Å². The largest absolute Gasteiger partial charge is 0.285 e. The molecule has 0 saturated heterocycles. The minimum Gasteiger partial charge on any atom is -0.285 e. The standard InChI is InChI=1S/C19H20FNO2/c1-13-11-18(9-10-19(13)20)17-6-4-5-16(12-17)8-7-14(2)21(23)15(3)22/h4-12,14,23H,1-3H3/b8-7+/t14-/m0/s1. The molecule has 120 valence electrons. The highest BCUT2D eigenvalue weighted by molar-refractivity contribution is 5.73. The van der Waals surface area contributed by atoms with E-state index in [2.05, 4.69) is 0 Å². The van der Waals surface area contributed by atoms with Crippen LogP contribution < -0.4 is 0 Å². The minimum atomic E-state index is -0.413. The molecular weight excluding hydrogens is 293 g/mol. The smallest absolute Gasteiger partial charge is 0.243 e. The van der Waals surface area contributed by atoms with Gasteiger partial charge in [-0.25, -0.2) is 9.45 Å². The number of carbonyl (C=O) groups excluding carboxylic acids is 1. The van der Waals surface area contributed by atoms with Crippen LogP contribution in [0.25, 0.3) is 17.2 Å². The zero-order chi connectivity index (χ0) is 17.0. The number of hydrogen-bond donors (Lipinski definition) is 1. The second-order valence-electron chi connectivity index (χ2n) is 5.55. The van der Waals surface area contributed by atoms with Crippen molar-refractivity contribution in [1.29, 1.82) is 0 Å². The number of hydrogen-bond acceptors (Lipinski definition) is 2. The quantitative estimate of drug-likeness (QED) is 0.669. The highest BCUT2D eigenvalue weighted by atomic mass is 19.1. The van der Waals surface area contributed by atoms with Gasteiger partial charge in [0.2, 0.25) is 5.91 Å². The molecular formula is C19H20FNO2. The van der Waals surface area contributed by atoms with Gasteiger partial charge in [0.25, 0.3) is 0 Å². The third-order valence-corrected chi connectivity index (χ3v) is 3.65. The van der Waals surface area contributed by atoms with Crippen LogP contribution in [-0.4, -0.2) is 22.2 Å². The van der Waals surface area contributed by atoms with Crippen LogP contribution in [0.4, 0.5) is 4.39 Å². The van der Waals surface area contributed by atoms with Gasteiger partial charge in [-0.2, -0.15) is 0 Å². The monoisotopic (exact) mass is 313 g/mol. The Balaban J connectivity index is 2.23. The van der Waals surface area contributed by atoms with Crippen molar-refractivity contribution in [3.63, 3.8) is 0 Å². The first kappa shape index (κ1) is 16.9. The summed E-state index contributed by atoms with van der Waals surface area (Å²) in [4.78, 5) is 11.1. The maximum absolute atomic E-state index is 13.4. The van der Waals surface area contributed by atoms with E-state index in [1.165, 1.54) is 13.0 Å². The van der Waals surface area contributed by atoms with Gasteiger partial charge in [-0.05, 0) is 54.3 Å². The van der Waals surface area contributed by atoms with E-state index in [0.717, 1.165) is 16.7 Å². The van der Waals surface area contributed by atoms with Gasteiger partial charge >= 0.3 is 0 Å². The first-order valence-corrected chi connectivity index (χ1v) is 7.42. The maximum Gasteiger partial charge on any atom is 0.243 e. The van der Waals surface area contributed by atoms with Crippen LogP contribution in [0.15, 0.2) is 48.5 Å². The highest BCUT2D eigenvalue weighted by Gasteiger charge is 2.10. The normalized spacial score (nSPS) is 12.4. The Morgan fingerprint density at radius 3 is 2.57 bits per heavy atom. The van der Waals surface area contributed by atoms with Crippen LogP contribution in [0.2, 0.25) is 0 Å². The molecule has 3 nitrogen and oxygen atoms in total. The van der Waals surface area contributed by atoms with Crippen molar-refractivity contribution in [2.75, 3.05) is 0 Å². The number of benzene rings is 2. The second kappa shape index (κ2) is 7.20. The summed E-state index contributed by atoms with van der Waals surface area (Å²) < 4.78 is 13.4. The lowest BCUT2D eigenvalue weighted by atomic mass is 10.0. The van der Waals surface area contributed by atoms with Crippen molar-refractivity contribution in [2.24, 2.45) is 0 Å². The van der Waals surface area contributed by atoms with Crippen LogP contribution >= 0.6 is 0 Å². The van der Waals surface area contributed by atoms with Gasteiger partial charge in [-0.1, -0.05) is 36.4 Å². The SMILES string of the molecule is CC(=O)N(O)[C@@H](C)/C=C/c1cccc(-c2ccc(F)c(C)c2)c1. The molecule has 0 saturated carbocycles. The van der Waals surface area contributed by atoms with Crippen molar-refractivity contribution in [3.05, 3.63) is 65.5 Å². The summed E-state index contributed by atoms with van der Waals surface area (Å²) in [6.07, 6.45) is 3.59. The van der Waals surface area contributed by atoms with Gasteiger partial charge in [-0.15, -0.1) is 0 Å². The zero-order valence-corrected chi connectivity index (χ0v) is 13.5. The summed E-state index contributed by atoms with van der Waals surface area (Å²) in [5.74, 6) is -0.622. The maximum atomic E-state index is 13.4. The van der Waals surface area contributed by atoms with E-state index in [4.69, 9.17) is 0 Å². The Morgan fingerprint density at radius 1 is 1.22 bits per heavy atom. The van der Waals surface area contributed by atoms with Crippen molar-refractivity contribution in [1.82, 2.24) is 5.06 Å². The van der Waals surface area contributed by atoms with Gasteiger partial charge in [0, 0.05) is 6.92 Å². The number of amides is 1. The summed E-state index contributed by atoms with van der Waals surface area (Å²) >= 11 is 0. The molecule has 0 unspecified atom stereocenters. The van der Waals surface area contributed by atoms with Crippen molar-refractivity contribution in [3.8, 4) is 11.1 Å². The second-order valence-corrected chi connectivity index (χ2v) is 5.55. The van der Waals surface area contributed by atoms with Gasteiger partial charge in [-0.3, -0.25) is 10.0 Å². The average Bonchev–Trinajstić information content (AvgIpc) is 2.54. The summed E-state index contributed by atoms with van der Waals surface area (Å²) in [6, 6.07) is 12.4. The van der Waals surface area contributed by atoms with Crippen LogP contribution in [0.5, 0.6) is 0 Å². The van der Waals surface area contributed by atoms with Crippen LogP contribution in [-0.2, 0) is 4.79 Å². The molecule has 0 aliphatic heterocycles. The van der Waals surface area contributed by atoms with E-state index in [-0.39, 0.29) is 5.82 Å². The minimum absolute atomic E-state index is 0.217. The molecule has 0 aromatic heterocycles. The fourth-order valence-electron chi connectivity index (χ4n) is 2.26. The van der Waals surface area contributed by atoms with E-state index in [9.17, 15) is 14.4 Å². The Labute approximate surface area is 135 Å². The average molecular weight is 313 g/mol. The molecule has 0 fully saturated rings. The van der Waals surface area contributed by atoms with Gasteiger partial charge in [0.05, 0.1) is 6.04 Å².